The van der Waals surface area contributed by atoms with E-state index in [-0.39, 0.29) is 11.8 Å². The van der Waals surface area contributed by atoms with Crippen LogP contribution in [0.25, 0.3) is 0 Å². The molecule has 1 heterocycles. The van der Waals surface area contributed by atoms with Crippen molar-refractivity contribution >= 4 is 11.9 Å². The van der Waals surface area contributed by atoms with E-state index >= 15 is 0 Å². The van der Waals surface area contributed by atoms with Gasteiger partial charge in [0.15, 0.2) is 6.10 Å². The van der Waals surface area contributed by atoms with Crippen LogP contribution in [0.5, 0.6) is 0 Å². The standard InChI is InChI=1S/C16H27NO8/c1-3-4-5-8(2)15(22)17-12-9(19)6-11(16(23)24)25-14(12)13(21)10(20)7-18/h6,8-10,12-14,18-21H,3-5,7H2,1-2H3,(H,17,22)(H,23,24)/t8?,9-,10+,12+,13+,14+/m0/s1. The number of carboxylic acids is 1. The minimum atomic E-state index is -1.71. The molecule has 0 aromatic carbocycles. The Labute approximate surface area is 145 Å². The summed E-state index contributed by atoms with van der Waals surface area (Å²) >= 11 is 0. The average Bonchev–Trinajstić information content (AvgIpc) is 2.59. The van der Waals surface area contributed by atoms with E-state index in [0.717, 1.165) is 18.9 Å². The van der Waals surface area contributed by atoms with Crippen LogP contribution in [-0.2, 0) is 14.3 Å². The molecule has 0 spiro atoms. The molecule has 0 bridgehead atoms. The third-order valence-electron chi connectivity index (χ3n) is 4.18. The number of nitrogens with one attached hydrogen (secondary N) is 1. The highest BCUT2D eigenvalue weighted by Crippen LogP contribution is 2.23. The Bertz CT molecular complexity index is 495. The third kappa shape index (κ3) is 5.67. The summed E-state index contributed by atoms with van der Waals surface area (Å²) in [6.45, 7) is 2.91. The summed E-state index contributed by atoms with van der Waals surface area (Å²) in [5.41, 5.74) is 0. The number of carboxylic acid groups (broad SMARTS) is 1. The summed E-state index contributed by atoms with van der Waals surface area (Å²) in [7, 11) is 0. The van der Waals surface area contributed by atoms with Gasteiger partial charge >= 0.3 is 5.97 Å². The van der Waals surface area contributed by atoms with Crippen LogP contribution in [0.4, 0.5) is 0 Å². The van der Waals surface area contributed by atoms with Crippen LogP contribution >= 0.6 is 0 Å². The zero-order chi connectivity index (χ0) is 19.1. The molecule has 0 fully saturated rings. The number of carbonyl (C=O) groups excluding carboxylic acids is 1. The molecule has 1 aliphatic rings. The zero-order valence-electron chi connectivity index (χ0n) is 14.3. The molecule has 6 atom stereocenters. The lowest BCUT2D eigenvalue weighted by Crippen LogP contribution is -2.60. The largest absolute Gasteiger partial charge is 0.478 e. The van der Waals surface area contributed by atoms with Gasteiger partial charge in [-0.3, -0.25) is 4.79 Å². The molecule has 9 heteroatoms. The zero-order valence-corrected chi connectivity index (χ0v) is 14.3. The minimum Gasteiger partial charge on any atom is -0.478 e. The molecule has 1 aliphatic heterocycles. The van der Waals surface area contributed by atoms with E-state index in [1.165, 1.54) is 0 Å². The van der Waals surface area contributed by atoms with Gasteiger partial charge in [0.25, 0.3) is 0 Å². The normalized spacial score (nSPS) is 26.8. The van der Waals surface area contributed by atoms with Crippen LogP contribution in [0, 0.1) is 5.92 Å². The molecule has 0 aromatic heterocycles. The molecule has 0 saturated heterocycles. The number of aliphatic hydroxyl groups excluding tert-OH is 4. The second-order valence-electron chi connectivity index (χ2n) is 6.23. The SMILES string of the molecule is CCCCC(C)C(=O)N[C@H]1[C@H]([C@H](O)[C@H](O)CO)OC(C(=O)O)=C[C@@H]1O. The van der Waals surface area contributed by atoms with Crippen molar-refractivity contribution in [2.75, 3.05) is 6.61 Å². The first-order valence-electron chi connectivity index (χ1n) is 8.30. The van der Waals surface area contributed by atoms with Crippen molar-refractivity contribution in [3.63, 3.8) is 0 Å². The molecule has 1 amide bonds. The number of ether oxygens (including phenoxy) is 1. The van der Waals surface area contributed by atoms with Crippen LogP contribution < -0.4 is 5.32 Å². The fourth-order valence-electron chi connectivity index (χ4n) is 2.56. The third-order valence-corrected chi connectivity index (χ3v) is 4.18. The molecule has 0 aliphatic carbocycles. The quantitative estimate of drug-likeness (QED) is 0.297. The van der Waals surface area contributed by atoms with Crippen molar-refractivity contribution in [2.24, 2.45) is 5.92 Å². The number of aliphatic hydroxyl groups is 4. The molecule has 0 radical (unpaired) electrons. The van der Waals surface area contributed by atoms with Gasteiger partial charge in [-0.1, -0.05) is 26.7 Å². The predicted molar refractivity (Wildman–Crippen MR) is 86.3 cm³/mol. The number of hydrogen-bond acceptors (Lipinski definition) is 7. The molecule has 9 nitrogen and oxygen atoms in total. The molecular formula is C16H27NO8. The van der Waals surface area contributed by atoms with E-state index in [0.29, 0.717) is 6.42 Å². The van der Waals surface area contributed by atoms with E-state index < -0.39 is 48.8 Å². The second kappa shape index (κ2) is 9.71. The first kappa shape index (κ1) is 21.4. The number of unbranched alkanes of at least 4 members (excludes halogenated alkanes) is 1. The minimum absolute atomic E-state index is 0.349. The average molecular weight is 361 g/mol. The van der Waals surface area contributed by atoms with Gasteiger partial charge in [0, 0.05) is 5.92 Å². The maximum absolute atomic E-state index is 12.3. The topological polar surface area (TPSA) is 157 Å². The van der Waals surface area contributed by atoms with Gasteiger partial charge in [-0.25, -0.2) is 4.79 Å². The number of aliphatic carboxylic acids is 1. The van der Waals surface area contributed by atoms with Crippen molar-refractivity contribution in [1.29, 1.82) is 0 Å². The molecule has 144 valence electrons. The van der Waals surface area contributed by atoms with Crippen LogP contribution in [-0.4, -0.2) is 74.5 Å². The van der Waals surface area contributed by atoms with Gasteiger partial charge in [-0.05, 0) is 12.5 Å². The van der Waals surface area contributed by atoms with Crippen LogP contribution in [0.15, 0.2) is 11.8 Å². The summed E-state index contributed by atoms with van der Waals surface area (Å²) in [4.78, 5) is 23.4. The van der Waals surface area contributed by atoms with E-state index in [1.54, 1.807) is 6.92 Å². The van der Waals surface area contributed by atoms with Crippen molar-refractivity contribution in [3.05, 3.63) is 11.8 Å². The molecule has 0 aromatic rings. The lowest BCUT2D eigenvalue weighted by Gasteiger charge is -2.38. The highest BCUT2D eigenvalue weighted by Gasteiger charge is 2.43. The fraction of sp³-hybridized carbons (Fsp3) is 0.750. The molecule has 0 saturated carbocycles. The number of hydrogen-bond donors (Lipinski definition) is 6. The molecule has 1 unspecified atom stereocenters. The first-order chi connectivity index (χ1) is 11.7. The summed E-state index contributed by atoms with van der Waals surface area (Å²) in [6.07, 6.45) is -2.89. The summed E-state index contributed by atoms with van der Waals surface area (Å²) in [5, 5.41) is 50.5. The van der Waals surface area contributed by atoms with Crippen molar-refractivity contribution in [1.82, 2.24) is 5.32 Å². The lowest BCUT2D eigenvalue weighted by molar-refractivity contribution is -0.150. The van der Waals surface area contributed by atoms with E-state index in [4.69, 9.17) is 14.9 Å². The summed E-state index contributed by atoms with van der Waals surface area (Å²) < 4.78 is 5.14. The van der Waals surface area contributed by atoms with Crippen LogP contribution in [0.1, 0.15) is 33.1 Å². The van der Waals surface area contributed by atoms with E-state index in [2.05, 4.69) is 5.32 Å². The first-order valence-corrected chi connectivity index (χ1v) is 8.30. The Balaban J connectivity index is 2.97. The smallest absolute Gasteiger partial charge is 0.370 e. The molecule has 25 heavy (non-hydrogen) atoms. The van der Waals surface area contributed by atoms with E-state index in [9.17, 15) is 24.9 Å². The van der Waals surface area contributed by atoms with Crippen LogP contribution in [0.2, 0.25) is 0 Å². The van der Waals surface area contributed by atoms with Gasteiger partial charge in [-0.2, -0.15) is 0 Å². The van der Waals surface area contributed by atoms with Gasteiger partial charge in [-0.15, -0.1) is 0 Å². The number of amides is 1. The van der Waals surface area contributed by atoms with Gasteiger partial charge in [0.1, 0.15) is 18.3 Å². The predicted octanol–water partition coefficient (Wildman–Crippen LogP) is -1.26. The molecule has 1 rings (SSSR count). The monoisotopic (exact) mass is 361 g/mol. The Kier molecular flexibility index (Phi) is 8.30. The van der Waals surface area contributed by atoms with Crippen LogP contribution in [0.3, 0.4) is 0 Å². The lowest BCUT2D eigenvalue weighted by atomic mass is 9.93. The Morgan fingerprint density at radius 1 is 1.36 bits per heavy atom. The summed E-state index contributed by atoms with van der Waals surface area (Å²) in [5.74, 6) is -2.80. The van der Waals surface area contributed by atoms with Gasteiger partial charge < -0.3 is 35.6 Å². The number of carbonyl (C=O) groups is 2. The molecule has 6 N–H and O–H groups in total. The Morgan fingerprint density at radius 3 is 2.52 bits per heavy atom. The Hall–Kier alpha value is -1.68. The highest BCUT2D eigenvalue weighted by molar-refractivity contribution is 5.85. The Morgan fingerprint density at radius 2 is 2.00 bits per heavy atom. The highest BCUT2D eigenvalue weighted by atomic mass is 16.5. The van der Waals surface area contributed by atoms with E-state index in [1.807, 2.05) is 6.92 Å². The van der Waals surface area contributed by atoms with Gasteiger partial charge in [0.05, 0.1) is 12.6 Å². The molecular weight excluding hydrogens is 334 g/mol. The van der Waals surface area contributed by atoms with Crippen molar-refractivity contribution in [3.8, 4) is 0 Å². The van der Waals surface area contributed by atoms with Crippen molar-refractivity contribution in [2.45, 2.75) is 63.6 Å². The maximum Gasteiger partial charge on any atom is 0.370 e. The maximum atomic E-state index is 12.3. The summed E-state index contributed by atoms with van der Waals surface area (Å²) in [6, 6.07) is -1.17. The van der Waals surface area contributed by atoms with Gasteiger partial charge in [0.2, 0.25) is 11.7 Å². The number of rotatable bonds is 9. The fourth-order valence-corrected chi connectivity index (χ4v) is 2.56. The second-order valence-corrected chi connectivity index (χ2v) is 6.23. The van der Waals surface area contributed by atoms with Crippen molar-refractivity contribution < 1.29 is 39.9 Å².